The van der Waals surface area contributed by atoms with Gasteiger partial charge in [-0.2, -0.15) is 0 Å². The minimum atomic E-state index is -1.51. The Morgan fingerprint density at radius 3 is 2.53 bits per heavy atom. The van der Waals surface area contributed by atoms with Crippen LogP contribution in [0, 0.1) is 10.1 Å². The van der Waals surface area contributed by atoms with Gasteiger partial charge in [0.25, 0.3) is 0 Å². The van der Waals surface area contributed by atoms with Crippen LogP contribution in [-0.2, 0) is 10.3 Å². The third kappa shape index (κ3) is 2.15. The van der Waals surface area contributed by atoms with Gasteiger partial charge in [0.1, 0.15) is 0 Å². The zero-order chi connectivity index (χ0) is 14.0. The Morgan fingerprint density at radius 2 is 1.95 bits per heavy atom. The average molecular weight is 261 g/mol. The summed E-state index contributed by atoms with van der Waals surface area (Å²) in [5.41, 5.74) is -0.00630. The second-order valence-electron chi connectivity index (χ2n) is 5.49. The predicted octanol–water partition coefficient (Wildman–Crippen LogP) is 3.43. The number of carbonyl (C=O) groups is 1. The van der Waals surface area contributed by atoms with Crippen LogP contribution in [0.4, 0.5) is 0 Å². The highest BCUT2D eigenvalue weighted by atomic mass is 16.6. The molecule has 0 bridgehead atoms. The quantitative estimate of drug-likeness (QED) is 0.618. The monoisotopic (exact) mass is 261 g/mol. The Hall–Kier alpha value is -1.71. The minimum absolute atomic E-state index is 0.169. The van der Waals surface area contributed by atoms with Crippen LogP contribution in [0.3, 0.4) is 0 Å². The van der Waals surface area contributed by atoms with E-state index in [1.807, 2.05) is 26.0 Å². The zero-order valence-electron chi connectivity index (χ0n) is 11.4. The van der Waals surface area contributed by atoms with Crippen LogP contribution in [0.2, 0.25) is 0 Å². The van der Waals surface area contributed by atoms with Crippen molar-refractivity contribution in [3.63, 3.8) is 0 Å². The summed E-state index contributed by atoms with van der Waals surface area (Å²) in [6.45, 7) is 4.00. The van der Waals surface area contributed by atoms with E-state index in [1.165, 1.54) is 0 Å². The number of hydrogen-bond donors (Lipinski definition) is 0. The van der Waals surface area contributed by atoms with Crippen molar-refractivity contribution < 1.29 is 9.72 Å². The molecule has 1 fully saturated rings. The molecule has 102 valence electrons. The fraction of sp³-hybridized carbons (Fsp3) is 0.533. The lowest BCUT2D eigenvalue weighted by Gasteiger charge is -2.30. The third-order valence-corrected chi connectivity index (χ3v) is 3.99. The van der Waals surface area contributed by atoms with E-state index in [9.17, 15) is 14.9 Å². The molecule has 0 spiro atoms. The molecule has 4 heteroatoms. The Bertz CT molecular complexity index is 510. The maximum Gasteiger partial charge on any atom is 0.304 e. The van der Waals surface area contributed by atoms with Crippen molar-refractivity contribution in [2.75, 3.05) is 0 Å². The van der Waals surface area contributed by atoms with Crippen molar-refractivity contribution in [3.8, 4) is 0 Å². The number of benzene rings is 1. The van der Waals surface area contributed by atoms with Crippen LogP contribution in [0.1, 0.15) is 56.6 Å². The zero-order valence-corrected chi connectivity index (χ0v) is 11.4. The molecular formula is C15H19NO3. The molecule has 1 aliphatic carbocycles. The Morgan fingerprint density at radius 1 is 1.26 bits per heavy atom. The van der Waals surface area contributed by atoms with Crippen molar-refractivity contribution in [2.45, 2.75) is 51.0 Å². The summed E-state index contributed by atoms with van der Waals surface area (Å²) in [6.07, 6.45) is 2.13. The summed E-state index contributed by atoms with van der Waals surface area (Å²) in [7, 11) is 0. The first-order valence-corrected chi connectivity index (χ1v) is 6.77. The molecule has 1 aromatic carbocycles. The molecule has 0 heterocycles. The van der Waals surface area contributed by atoms with E-state index in [0.29, 0.717) is 18.4 Å². The topological polar surface area (TPSA) is 60.2 Å². The molecule has 0 amide bonds. The summed E-state index contributed by atoms with van der Waals surface area (Å²) >= 11 is 0. The molecule has 2 rings (SSSR count). The molecule has 1 aliphatic rings. The smallest absolute Gasteiger partial charge is 0.291 e. The summed E-state index contributed by atoms with van der Waals surface area (Å²) in [5, 5.41) is 11.6. The SMILES string of the molecule is CC(C)c1ccccc1C1([N+](=O)[O-])CCCCC1=O. The van der Waals surface area contributed by atoms with Crippen molar-refractivity contribution in [1.82, 2.24) is 0 Å². The van der Waals surface area contributed by atoms with Crippen molar-refractivity contribution in [1.29, 1.82) is 0 Å². The maximum absolute atomic E-state index is 12.3. The lowest BCUT2D eigenvalue weighted by molar-refractivity contribution is -0.563. The second kappa shape index (κ2) is 5.11. The molecule has 19 heavy (non-hydrogen) atoms. The molecule has 0 aliphatic heterocycles. The molecule has 1 aromatic rings. The minimum Gasteiger partial charge on any atom is -0.291 e. The normalized spacial score (nSPS) is 23.6. The van der Waals surface area contributed by atoms with Gasteiger partial charge in [-0.05, 0) is 24.3 Å². The van der Waals surface area contributed by atoms with Crippen LogP contribution >= 0.6 is 0 Å². The maximum atomic E-state index is 12.3. The molecule has 0 saturated heterocycles. The van der Waals surface area contributed by atoms with Crippen molar-refractivity contribution in [3.05, 3.63) is 45.5 Å². The summed E-state index contributed by atoms with van der Waals surface area (Å²) in [5.74, 6) is -0.0698. The highest BCUT2D eigenvalue weighted by Crippen LogP contribution is 2.40. The van der Waals surface area contributed by atoms with Crippen LogP contribution in [0.25, 0.3) is 0 Å². The number of nitro groups is 1. The number of ketones is 1. The van der Waals surface area contributed by atoms with Crippen LogP contribution in [-0.4, -0.2) is 10.7 Å². The van der Waals surface area contributed by atoms with Gasteiger partial charge >= 0.3 is 5.54 Å². The van der Waals surface area contributed by atoms with Crippen molar-refractivity contribution >= 4 is 5.78 Å². The highest BCUT2D eigenvalue weighted by molar-refractivity contribution is 5.89. The number of hydrogen-bond acceptors (Lipinski definition) is 3. The Balaban J connectivity index is 2.63. The molecule has 0 N–H and O–H groups in total. The molecule has 1 saturated carbocycles. The standard InChI is InChI=1S/C15H19NO3/c1-11(2)12-7-3-4-8-13(12)15(16(18)19)10-6-5-9-14(15)17/h3-4,7-8,11H,5-6,9-10H2,1-2H3. The molecule has 0 radical (unpaired) electrons. The Kier molecular flexibility index (Phi) is 3.69. The highest BCUT2D eigenvalue weighted by Gasteiger charge is 2.54. The largest absolute Gasteiger partial charge is 0.304 e. The van der Waals surface area contributed by atoms with Crippen LogP contribution in [0.15, 0.2) is 24.3 Å². The predicted molar refractivity (Wildman–Crippen MR) is 72.7 cm³/mol. The van der Waals surface area contributed by atoms with Gasteiger partial charge in [-0.1, -0.05) is 38.1 Å². The summed E-state index contributed by atoms with van der Waals surface area (Å²) in [6, 6.07) is 7.31. The number of rotatable bonds is 3. The fourth-order valence-electron chi connectivity index (χ4n) is 2.97. The third-order valence-electron chi connectivity index (χ3n) is 3.99. The van der Waals surface area contributed by atoms with Gasteiger partial charge in [0.15, 0.2) is 0 Å². The van der Waals surface area contributed by atoms with E-state index in [2.05, 4.69) is 0 Å². The Labute approximate surface area is 113 Å². The van der Waals surface area contributed by atoms with E-state index in [4.69, 9.17) is 0 Å². The summed E-state index contributed by atoms with van der Waals surface area (Å²) in [4.78, 5) is 23.6. The van der Waals surface area contributed by atoms with Gasteiger partial charge in [-0.3, -0.25) is 14.9 Å². The first kappa shape index (κ1) is 13.7. The number of carbonyl (C=O) groups excluding carboxylic acids is 1. The first-order valence-electron chi connectivity index (χ1n) is 6.77. The lowest BCUT2D eigenvalue weighted by atomic mass is 9.73. The number of Topliss-reactive ketones (excluding diaryl/α,β-unsaturated/α-hetero) is 1. The average Bonchev–Trinajstić information content (AvgIpc) is 2.39. The van der Waals surface area contributed by atoms with Gasteiger partial charge in [-0.15, -0.1) is 0 Å². The van der Waals surface area contributed by atoms with Gasteiger partial charge in [0.2, 0.25) is 5.78 Å². The lowest BCUT2D eigenvalue weighted by Crippen LogP contribution is -2.46. The van der Waals surface area contributed by atoms with E-state index in [0.717, 1.165) is 18.4 Å². The van der Waals surface area contributed by atoms with Gasteiger partial charge in [0, 0.05) is 23.3 Å². The van der Waals surface area contributed by atoms with Crippen LogP contribution < -0.4 is 0 Å². The molecule has 1 atom stereocenters. The molecule has 0 aromatic heterocycles. The van der Waals surface area contributed by atoms with E-state index >= 15 is 0 Å². The van der Waals surface area contributed by atoms with E-state index in [1.54, 1.807) is 12.1 Å². The fourth-order valence-corrected chi connectivity index (χ4v) is 2.97. The van der Waals surface area contributed by atoms with Gasteiger partial charge in [0.05, 0.1) is 0 Å². The van der Waals surface area contributed by atoms with Crippen molar-refractivity contribution in [2.24, 2.45) is 0 Å². The molecular weight excluding hydrogens is 242 g/mol. The van der Waals surface area contributed by atoms with E-state index < -0.39 is 5.54 Å². The summed E-state index contributed by atoms with van der Waals surface area (Å²) < 4.78 is 0. The van der Waals surface area contributed by atoms with Gasteiger partial charge in [-0.25, -0.2) is 0 Å². The molecule has 4 nitrogen and oxygen atoms in total. The first-order chi connectivity index (χ1) is 9.00. The van der Waals surface area contributed by atoms with Crippen LogP contribution in [0.5, 0.6) is 0 Å². The van der Waals surface area contributed by atoms with Gasteiger partial charge < -0.3 is 0 Å². The number of nitrogens with zero attached hydrogens (tertiary/aromatic N) is 1. The molecule has 1 unspecified atom stereocenters. The second-order valence-corrected chi connectivity index (χ2v) is 5.49. The van der Waals surface area contributed by atoms with E-state index in [-0.39, 0.29) is 16.6 Å².